The van der Waals surface area contributed by atoms with Crippen LogP contribution >= 0.6 is 0 Å². The van der Waals surface area contributed by atoms with Crippen LogP contribution < -0.4 is 29.5 Å². The van der Waals surface area contributed by atoms with E-state index in [1.807, 2.05) is 48.5 Å². The number of ketones is 2. The van der Waals surface area contributed by atoms with Crippen LogP contribution in [0.2, 0.25) is 0 Å². The Hall–Kier alpha value is -5.33. The summed E-state index contributed by atoms with van der Waals surface area (Å²) in [6, 6.07) is 18.3. The quantitative estimate of drug-likeness (QED) is 0.0251. The van der Waals surface area contributed by atoms with Crippen molar-refractivity contribution in [2.75, 3.05) is 52.0 Å². The van der Waals surface area contributed by atoms with Gasteiger partial charge in [-0.05, 0) is 13.8 Å². The van der Waals surface area contributed by atoms with Crippen LogP contribution in [0, 0.1) is 0 Å². The zero-order valence-corrected chi connectivity index (χ0v) is 36.7. The number of anilines is 1. The Morgan fingerprint density at radius 3 is 1.81 bits per heavy atom. The second-order valence-corrected chi connectivity index (χ2v) is 18.1. The Bertz CT molecular complexity index is 2550. The molecule has 3 aromatic carbocycles. The van der Waals surface area contributed by atoms with Crippen molar-refractivity contribution in [1.82, 2.24) is 0 Å². The summed E-state index contributed by atoms with van der Waals surface area (Å²) in [6.07, 6.45) is 0.606. The number of carboxylic acids is 1. The molecule has 0 unspecified atom stereocenters. The molecule has 6 aromatic rings. The molecule has 3 heterocycles. The first-order chi connectivity index (χ1) is 28.5. The number of fused-ring (bicyclic) bond motifs is 3. The summed E-state index contributed by atoms with van der Waals surface area (Å²) in [5.41, 5.74) is 1.71. The Morgan fingerprint density at radius 1 is 0.695 bits per heavy atom. The van der Waals surface area contributed by atoms with Crippen molar-refractivity contribution in [3.05, 3.63) is 85.5 Å². The molecule has 310 valence electrons. The van der Waals surface area contributed by atoms with E-state index in [0.717, 1.165) is 49.0 Å². The fourth-order valence-electron chi connectivity index (χ4n) is 6.58. The third-order valence-electron chi connectivity index (χ3n) is 9.66. The van der Waals surface area contributed by atoms with Gasteiger partial charge in [0.1, 0.15) is 0 Å². The van der Waals surface area contributed by atoms with Gasteiger partial charge in [-0.2, -0.15) is 0 Å². The predicted octanol–water partition coefficient (Wildman–Crippen LogP) is 6.72. The summed E-state index contributed by atoms with van der Waals surface area (Å²) in [5, 5.41) is 11.4. The molecule has 3 aromatic heterocycles. The first-order valence-electron chi connectivity index (χ1n) is 19.2. The van der Waals surface area contributed by atoms with E-state index in [4.69, 9.17) is 33.2 Å². The van der Waals surface area contributed by atoms with E-state index >= 15 is 0 Å². The average Bonchev–Trinajstić information content (AvgIpc) is 3.85. The van der Waals surface area contributed by atoms with Gasteiger partial charge in [-0.1, -0.05) is 0 Å². The number of benzene rings is 3. The van der Waals surface area contributed by atoms with Crippen molar-refractivity contribution >= 4 is 88.5 Å². The van der Waals surface area contributed by atoms with Crippen LogP contribution in [0.4, 0.5) is 5.69 Å². The van der Waals surface area contributed by atoms with E-state index in [1.54, 1.807) is 20.3 Å². The molecule has 0 saturated heterocycles. The molecule has 15 heteroatoms. The summed E-state index contributed by atoms with van der Waals surface area (Å²) in [7, 11) is 3.11. The van der Waals surface area contributed by atoms with Crippen LogP contribution in [-0.2, 0) is 20.7 Å². The number of esters is 1. The number of carbonyl (C=O) groups excluding carboxylic acids is 3. The van der Waals surface area contributed by atoms with Gasteiger partial charge in [-0.3, -0.25) is 0 Å². The topological polar surface area (TPSA) is 168 Å². The molecule has 59 heavy (non-hydrogen) atoms. The summed E-state index contributed by atoms with van der Waals surface area (Å²) in [6.45, 7) is 6.48. The minimum atomic E-state index is -1.000. The Morgan fingerprint density at radius 2 is 1.27 bits per heavy atom. The molecule has 6 rings (SSSR count). The van der Waals surface area contributed by atoms with Gasteiger partial charge < -0.3 is 4.90 Å². The van der Waals surface area contributed by atoms with E-state index in [2.05, 4.69) is 18.7 Å². The van der Waals surface area contributed by atoms with Crippen molar-refractivity contribution in [3.63, 3.8) is 0 Å². The number of hydrogen-bond acceptors (Lipinski definition) is 12. The molecule has 0 fully saturated rings. The van der Waals surface area contributed by atoms with Crippen molar-refractivity contribution in [1.29, 1.82) is 0 Å². The normalized spacial score (nSPS) is 11.2. The monoisotopic (exact) mass is 939 g/mol. The Labute approximate surface area is 352 Å². The molecule has 0 saturated carbocycles. The van der Waals surface area contributed by atoms with Gasteiger partial charge in [0.15, 0.2) is 0 Å². The Balaban J connectivity index is 0.986. The van der Waals surface area contributed by atoms with Crippen molar-refractivity contribution in [2.45, 2.75) is 52.4 Å². The van der Waals surface area contributed by atoms with Crippen LogP contribution in [0.3, 0.4) is 0 Å². The summed E-state index contributed by atoms with van der Waals surface area (Å²) in [5.74, 6) is 0.407. The molecule has 0 aliphatic rings. The molecular formula is C44H45NO12Se2. The number of aliphatic carboxylic acids is 1. The molecule has 13 nitrogen and oxygen atoms in total. The third-order valence-corrected chi connectivity index (χ3v) is 14.4. The maximum absolute atomic E-state index is 13.2. The second kappa shape index (κ2) is 20.1. The molecule has 0 atom stereocenters. The van der Waals surface area contributed by atoms with Gasteiger partial charge in [0.05, 0.1) is 0 Å². The van der Waals surface area contributed by atoms with Crippen LogP contribution in [0.5, 0.6) is 23.0 Å². The van der Waals surface area contributed by atoms with Crippen LogP contribution in [0.1, 0.15) is 70.0 Å². The molecular weight excluding hydrogens is 892 g/mol. The van der Waals surface area contributed by atoms with Crippen molar-refractivity contribution < 1.29 is 52.4 Å². The third kappa shape index (κ3) is 10.8. The number of nitrogens with zero attached hydrogens (tertiary/aromatic N) is 1. The first-order valence-corrected chi connectivity index (χ1v) is 22.7. The van der Waals surface area contributed by atoms with Gasteiger partial charge in [0.25, 0.3) is 0 Å². The number of carboxylic acid groups (broad SMARTS) is 1. The molecule has 0 bridgehead atoms. The van der Waals surface area contributed by atoms with Gasteiger partial charge in [0, 0.05) is 18.8 Å². The summed E-state index contributed by atoms with van der Waals surface area (Å²) in [4.78, 5) is 63.7. The van der Waals surface area contributed by atoms with E-state index in [9.17, 15) is 24.0 Å². The number of hydrogen-bond donors (Lipinski definition) is 1. The van der Waals surface area contributed by atoms with Gasteiger partial charge >= 0.3 is 316 Å². The van der Waals surface area contributed by atoms with E-state index < -0.39 is 17.6 Å². The maximum atomic E-state index is 13.2. The molecule has 0 aliphatic heterocycles. The van der Waals surface area contributed by atoms with Crippen molar-refractivity contribution in [3.8, 4) is 23.0 Å². The number of ether oxygens (including phenoxy) is 5. The van der Waals surface area contributed by atoms with Gasteiger partial charge in [-0.25, -0.2) is 0 Å². The van der Waals surface area contributed by atoms with E-state index in [0.29, 0.717) is 63.5 Å². The molecule has 0 amide bonds. The first kappa shape index (κ1) is 43.3. The Kier molecular flexibility index (Phi) is 14.7. The fourth-order valence-corrected chi connectivity index (χ4v) is 10.9. The number of Topliss-reactive ketones (excluding diaryl/α,β-unsaturated/α-hetero) is 2. The zero-order valence-electron chi connectivity index (χ0n) is 33.3. The molecule has 0 spiro atoms. The van der Waals surface area contributed by atoms with Crippen LogP contribution in [0.15, 0.2) is 69.9 Å². The summed E-state index contributed by atoms with van der Waals surface area (Å²) >= 11 is -0.507. The standard InChI is InChI=1S/C44H45NO12Se2/c1-5-45(6-2)29-8-9-30-26(22-44(51)57-33(30)23-29)14-17-56-43(50)13-11-32(47)41-21-28-19-37(35(53-4)25-39(28)59-41)55-16-7-15-54-36-18-27-20-40(31(46)10-12-42(48)49)58-38(27)24-34(36)52-3/h8-9,18-25H,5-7,10-17H2,1-4H3,(H,48,49). The second-order valence-electron chi connectivity index (χ2n) is 13.5. The van der Waals surface area contributed by atoms with Gasteiger partial charge in [0.2, 0.25) is 0 Å². The van der Waals surface area contributed by atoms with Crippen LogP contribution in [-0.4, -0.2) is 105 Å². The molecule has 0 radical (unpaired) electrons. The zero-order chi connectivity index (χ0) is 42.1. The van der Waals surface area contributed by atoms with Gasteiger partial charge in [-0.15, -0.1) is 0 Å². The average molecular weight is 938 g/mol. The number of carbonyl (C=O) groups is 4. The van der Waals surface area contributed by atoms with Crippen molar-refractivity contribution in [2.24, 2.45) is 0 Å². The predicted molar refractivity (Wildman–Crippen MR) is 226 cm³/mol. The molecule has 1 N–H and O–H groups in total. The van der Waals surface area contributed by atoms with E-state index in [-0.39, 0.29) is 72.9 Å². The number of methoxy groups -OCH3 is 2. The fraction of sp³-hybridized carbons (Fsp3) is 0.341. The van der Waals surface area contributed by atoms with Crippen LogP contribution in [0.25, 0.3) is 30.3 Å². The number of rotatable bonds is 22. The molecule has 0 aliphatic carbocycles. The minimum absolute atomic E-state index is 0.0190. The SMILES string of the molecule is CCN(CC)c1ccc2c(CCOC(=O)CCC(=O)c3cc4cc(OCCCOc5cc6cc(C(=O)CCC(=O)O)[se]c6cc5OC)c(OC)cc4[se]3)cc(=O)oc2c1. The summed E-state index contributed by atoms with van der Waals surface area (Å²) < 4.78 is 37.4. The van der Waals surface area contributed by atoms with E-state index in [1.165, 1.54) is 6.07 Å².